The van der Waals surface area contributed by atoms with E-state index in [4.69, 9.17) is 5.26 Å². The monoisotopic (exact) mass is 291 g/mol. The molecule has 5 nitrogen and oxygen atoms in total. The van der Waals surface area contributed by atoms with E-state index in [1.54, 1.807) is 16.4 Å². The van der Waals surface area contributed by atoms with Gasteiger partial charge >= 0.3 is 0 Å². The molecule has 2 fully saturated rings. The molecule has 0 radical (unpaired) electrons. The van der Waals surface area contributed by atoms with Crippen molar-refractivity contribution in [3.8, 4) is 6.07 Å². The first-order valence-electron chi connectivity index (χ1n) is 6.85. The minimum atomic E-state index is -3.43. The first kappa shape index (κ1) is 13.6. The van der Waals surface area contributed by atoms with Crippen LogP contribution in [0.5, 0.6) is 0 Å². The van der Waals surface area contributed by atoms with E-state index in [-0.39, 0.29) is 4.90 Å². The number of rotatable bonds is 2. The number of piperidine rings is 1. The number of sulfonamides is 1. The van der Waals surface area contributed by atoms with E-state index in [1.807, 2.05) is 6.07 Å². The molecule has 0 aliphatic carbocycles. The van der Waals surface area contributed by atoms with Crippen molar-refractivity contribution in [3.63, 3.8) is 0 Å². The molecule has 0 spiro atoms. The lowest BCUT2D eigenvalue weighted by atomic mass is 9.95. The van der Waals surface area contributed by atoms with Crippen LogP contribution in [0, 0.1) is 17.2 Å². The smallest absolute Gasteiger partial charge is 0.243 e. The van der Waals surface area contributed by atoms with E-state index in [0.29, 0.717) is 30.6 Å². The highest BCUT2D eigenvalue weighted by Crippen LogP contribution is 2.28. The van der Waals surface area contributed by atoms with E-state index < -0.39 is 10.0 Å². The van der Waals surface area contributed by atoms with E-state index in [1.165, 1.54) is 12.1 Å². The third-order valence-corrected chi connectivity index (χ3v) is 6.12. The molecule has 1 aromatic rings. The fraction of sp³-hybridized carbons (Fsp3) is 0.500. The summed E-state index contributed by atoms with van der Waals surface area (Å²) in [5.74, 6) is 0.428. The Morgan fingerprint density at radius 2 is 2.00 bits per heavy atom. The predicted molar refractivity (Wildman–Crippen MR) is 74.4 cm³/mol. The Hall–Kier alpha value is -1.42. The lowest BCUT2D eigenvalue weighted by molar-refractivity contribution is 0.247. The van der Waals surface area contributed by atoms with Crippen molar-refractivity contribution in [3.05, 3.63) is 29.8 Å². The van der Waals surface area contributed by atoms with Gasteiger partial charge in [-0.25, -0.2) is 8.42 Å². The molecule has 1 N–H and O–H groups in total. The second-order valence-corrected chi connectivity index (χ2v) is 7.34. The van der Waals surface area contributed by atoms with Crippen LogP contribution in [0.4, 0.5) is 0 Å². The average molecular weight is 291 g/mol. The van der Waals surface area contributed by atoms with Gasteiger partial charge in [0.25, 0.3) is 0 Å². The minimum Gasteiger partial charge on any atom is -0.314 e. The zero-order valence-electron chi connectivity index (χ0n) is 11.1. The summed E-state index contributed by atoms with van der Waals surface area (Å²) in [6.07, 6.45) is 1.92. The lowest BCUT2D eigenvalue weighted by Gasteiger charge is -2.33. The van der Waals surface area contributed by atoms with Gasteiger partial charge in [-0.05, 0) is 49.6 Å². The molecule has 2 unspecified atom stereocenters. The number of fused-ring (bicyclic) bond motifs is 1. The van der Waals surface area contributed by atoms with Gasteiger partial charge in [0.15, 0.2) is 0 Å². The van der Waals surface area contributed by atoms with Crippen molar-refractivity contribution in [2.75, 3.05) is 19.6 Å². The predicted octanol–water partition coefficient (Wildman–Crippen LogP) is 0.931. The quantitative estimate of drug-likeness (QED) is 0.880. The standard InChI is InChI=1S/C14H17N3O2S/c15-9-11-1-3-13(4-2-11)20(18,19)17-8-6-14-12(10-17)5-7-16-14/h1-4,12,14,16H,5-8,10H2. The van der Waals surface area contributed by atoms with Crippen LogP contribution in [0.3, 0.4) is 0 Å². The number of hydrogen-bond acceptors (Lipinski definition) is 4. The van der Waals surface area contributed by atoms with Crippen LogP contribution < -0.4 is 5.32 Å². The molecule has 2 aliphatic rings. The third kappa shape index (κ3) is 2.33. The number of nitriles is 1. The summed E-state index contributed by atoms with van der Waals surface area (Å²) >= 11 is 0. The Labute approximate surface area is 119 Å². The van der Waals surface area contributed by atoms with Crippen LogP contribution in [0.25, 0.3) is 0 Å². The molecule has 2 saturated heterocycles. The lowest BCUT2D eigenvalue weighted by Crippen LogP contribution is -2.46. The van der Waals surface area contributed by atoms with E-state index in [2.05, 4.69) is 5.32 Å². The first-order chi connectivity index (χ1) is 9.61. The molecule has 3 rings (SSSR count). The van der Waals surface area contributed by atoms with Gasteiger partial charge in [-0.1, -0.05) is 0 Å². The van der Waals surface area contributed by atoms with Gasteiger partial charge in [-0.15, -0.1) is 0 Å². The normalized spacial score (nSPS) is 26.9. The number of nitrogens with one attached hydrogen (secondary N) is 1. The molecule has 0 saturated carbocycles. The van der Waals surface area contributed by atoms with Crippen molar-refractivity contribution in [1.29, 1.82) is 5.26 Å². The molecule has 0 amide bonds. The summed E-state index contributed by atoms with van der Waals surface area (Å²) < 4.78 is 26.8. The number of hydrogen-bond donors (Lipinski definition) is 1. The summed E-state index contributed by atoms with van der Waals surface area (Å²) in [6, 6.07) is 8.62. The summed E-state index contributed by atoms with van der Waals surface area (Å²) in [7, 11) is -3.43. The molecular formula is C14H17N3O2S. The summed E-state index contributed by atoms with van der Waals surface area (Å²) in [4.78, 5) is 0.279. The molecule has 2 atom stereocenters. The molecule has 2 heterocycles. The first-order valence-corrected chi connectivity index (χ1v) is 8.29. The topological polar surface area (TPSA) is 73.2 Å². The van der Waals surface area contributed by atoms with Crippen LogP contribution in [0.15, 0.2) is 29.2 Å². The molecule has 0 bridgehead atoms. The summed E-state index contributed by atoms with van der Waals surface area (Å²) in [5.41, 5.74) is 0.475. The Morgan fingerprint density at radius 3 is 2.70 bits per heavy atom. The maximum atomic E-state index is 12.6. The van der Waals surface area contributed by atoms with Crippen LogP contribution in [-0.4, -0.2) is 38.4 Å². The Balaban J connectivity index is 1.82. The maximum absolute atomic E-state index is 12.6. The molecule has 2 aliphatic heterocycles. The van der Waals surface area contributed by atoms with Crippen molar-refractivity contribution in [2.45, 2.75) is 23.8 Å². The Kier molecular flexibility index (Phi) is 3.50. The minimum absolute atomic E-state index is 0.279. The van der Waals surface area contributed by atoms with Crippen molar-refractivity contribution in [1.82, 2.24) is 9.62 Å². The summed E-state index contributed by atoms with van der Waals surface area (Å²) in [6.45, 7) is 2.15. The zero-order chi connectivity index (χ0) is 14.2. The maximum Gasteiger partial charge on any atom is 0.243 e. The highest BCUT2D eigenvalue weighted by atomic mass is 32.2. The van der Waals surface area contributed by atoms with Crippen molar-refractivity contribution in [2.24, 2.45) is 5.92 Å². The molecular weight excluding hydrogens is 274 g/mol. The molecule has 106 valence electrons. The zero-order valence-corrected chi connectivity index (χ0v) is 11.9. The van der Waals surface area contributed by atoms with Crippen molar-refractivity contribution < 1.29 is 8.42 Å². The van der Waals surface area contributed by atoms with Gasteiger partial charge in [-0.2, -0.15) is 9.57 Å². The van der Waals surface area contributed by atoms with E-state index >= 15 is 0 Å². The van der Waals surface area contributed by atoms with Crippen molar-refractivity contribution >= 4 is 10.0 Å². The highest BCUT2D eigenvalue weighted by Gasteiger charge is 2.37. The van der Waals surface area contributed by atoms with Gasteiger partial charge in [0, 0.05) is 19.1 Å². The second-order valence-electron chi connectivity index (χ2n) is 5.40. The van der Waals surface area contributed by atoms with Crippen LogP contribution in [0.1, 0.15) is 18.4 Å². The molecule has 1 aromatic carbocycles. The Morgan fingerprint density at radius 1 is 1.25 bits per heavy atom. The fourth-order valence-corrected chi connectivity index (χ4v) is 4.59. The highest BCUT2D eigenvalue weighted by molar-refractivity contribution is 7.89. The Bertz CT molecular complexity index is 633. The van der Waals surface area contributed by atoms with Gasteiger partial charge in [0.1, 0.15) is 0 Å². The van der Waals surface area contributed by atoms with Crippen LogP contribution in [0.2, 0.25) is 0 Å². The fourth-order valence-electron chi connectivity index (χ4n) is 3.08. The average Bonchev–Trinajstić information content (AvgIpc) is 2.94. The summed E-state index contributed by atoms with van der Waals surface area (Å²) in [5, 5.41) is 12.2. The van der Waals surface area contributed by atoms with Gasteiger partial charge in [0.2, 0.25) is 10.0 Å². The van der Waals surface area contributed by atoms with E-state index in [0.717, 1.165) is 19.4 Å². The second kappa shape index (κ2) is 5.17. The van der Waals surface area contributed by atoms with E-state index in [9.17, 15) is 8.42 Å². The molecule has 20 heavy (non-hydrogen) atoms. The van der Waals surface area contributed by atoms with Gasteiger partial charge in [-0.3, -0.25) is 0 Å². The number of benzene rings is 1. The molecule has 0 aromatic heterocycles. The largest absolute Gasteiger partial charge is 0.314 e. The van der Waals surface area contributed by atoms with Gasteiger partial charge in [0.05, 0.1) is 16.5 Å². The molecule has 6 heteroatoms. The van der Waals surface area contributed by atoms with Crippen LogP contribution >= 0.6 is 0 Å². The SMILES string of the molecule is N#Cc1ccc(S(=O)(=O)N2CCC3NCCC3C2)cc1. The third-order valence-electron chi connectivity index (χ3n) is 4.24. The van der Waals surface area contributed by atoms with Crippen LogP contribution in [-0.2, 0) is 10.0 Å². The number of nitrogens with zero attached hydrogens (tertiary/aromatic N) is 2. The van der Waals surface area contributed by atoms with Gasteiger partial charge < -0.3 is 5.32 Å².